The van der Waals surface area contributed by atoms with E-state index in [1.807, 2.05) is 18.0 Å². The summed E-state index contributed by atoms with van der Waals surface area (Å²) in [5.41, 5.74) is 0. The molecule has 3 heteroatoms. The fourth-order valence-electron chi connectivity index (χ4n) is 1.17. The van der Waals surface area contributed by atoms with Crippen LogP contribution < -0.4 is 0 Å². The topological polar surface area (TPSA) is 17.8 Å². The van der Waals surface area contributed by atoms with Crippen molar-refractivity contribution in [1.82, 2.24) is 9.55 Å². The molecule has 0 aromatic carbocycles. The first kappa shape index (κ1) is 10.6. The van der Waals surface area contributed by atoms with Gasteiger partial charge in [-0.2, -0.15) is 11.8 Å². The number of aromatic nitrogens is 2. The zero-order chi connectivity index (χ0) is 9.84. The average Bonchev–Trinajstić information content (AvgIpc) is 2.47. The smallest absolute Gasteiger partial charge is 0.118 e. The largest absolute Gasteiger partial charge is 0.332 e. The molecule has 0 aliphatic heterocycles. The minimum atomic E-state index is 0.519. The van der Waals surface area contributed by atoms with E-state index < -0.39 is 0 Å². The Morgan fingerprint density at radius 1 is 1.38 bits per heavy atom. The van der Waals surface area contributed by atoms with E-state index in [9.17, 15) is 0 Å². The Morgan fingerprint density at radius 2 is 2.08 bits per heavy atom. The molecule has 0 saturated carbocycles. The van der Waals surface area contributed by atoms with Crippen molar-refractivity contribution in [1.29, 1.82) is 0 Å². The molecule has 74 valence electrons. The molecule has 2 nitrogen and oxygen atoms in total. The second-order valence-corrected chi connectivity index (χ2v) is 5.27. The summed E-state index contributed by atoms with van der Waals surface area (Å²) < 4.78 is 2.23. The van der Waals surface area contributed by atoms with Crippen LogP contribution >= 0.6 is 11.8 Å². The van der Waals surface area contributed by atoms with Crippen LogP contribution in [0.1, 0.15) is 39.6 Å². The normalized spacial score (nSPS) is 11.5. The quantitative estimate of drug-likeness (QED) is 0.740. The lowest BCUT2D eigenvalue weighted by molar-refractivity contribution is 0.580. The number of nitrogens with zero attached hydrogens (tertiary/aromatic N) is 2. The predicted octanol–water partition coefficient (Wildman–Crippen LogP) is 3.11. The van der Waals surface area contributed by atoms with Crippen LogP contribution in [0.25, 0.3) is 0 Å². The minimum absolute atomic E-state index is 0.519. The van der Waals surface area contributed by atoms with Gasteiger partial charge in [0.15, 0.2) is 0 Å². The van der Waals surface area contributed by atoms with Crippen molar-refractivity contribution >= 4 is 11.8 Å². The molecular formula is C10H18N2S. The standard InChI is InChI=1S/C10H18N2S/c1-8(2)12-6-5-11-10(12)7-13-9(3)4/h5-6,8-9H,7H2,1-4H3. The second-order valence-electron chi connectivity index (χ2n) is 3.70. The van der Waals surface area contributed by atoms with Gasteiger partial charge in [-0.25, -0.2) is 4.98 Å². The lowest BCUT2D eigenvalue weighted by atomic mass is 10.4. The second kappa shape index (κ2) is 4.70. The first-order valence-electron chi connectivity index (χ1n) is 4.74. The first-order chi connectivity index (χ1) is 6.11. The van der Waals surface area contributed by atoms with Gasteiger partial charge in [0.2, 0.25) is 0 Å². The minimum Gasteiger partial charge on any atom is -0.332 e. The van der Waals surface area contributed by atoms with Crippen molar-refractivity contribution in [3.63, 3.8) is 0 Å². The molecule has 0 bridgehead atoms. The van der Waals surface area contributed by atoms with Crippen LogP contribution in [-0.2, 0) is 5.75 Å². The van der Waals surface area contributed by atoms with E-state index >= 15 is 0 Å². The van der Waals surface area contributed by atoms with Crippen LogP contribution in [0.2, 0.25) is 0 Å². The summed E-state index contributed by atoms with van der Waals surface area (Å²) in [4.78, 5) is 4.35. The Morgan fingerprint density at radius 3 is 2.62 bits per heavy atom. The maximum atomic E-state index is 4.35. The highest BCUT2D eigenvalue weighted by Crippen LogP contribution is 2.18. The monoisotopic (exact) mass is 198 g/mol. The summed E-state index contributed by atoms with van der Waals surface area (Å²) in [6, 6.07) is 0.519. The van der Waals surface area contributed by atoms with Gasteiger partial charge in [0.1, 0.15) is 5.82 Å². The Balaban J connectivity index is 2.60. The van der Waals surface area contributed by atoms with Crippen molar-refractivity contribution in [2.45, 2.75) is 44.7 Å². The van der Waals surface area contributed by atoms with Gasteiger partial charge in [-0.15, -0.1) is 0 Å². The zero-order valence-corrected chi connectivity index (χ0v) is 9.64. The van der Waals surface area contributed by atoms with Crippen LogP contribution in [0.15, 0.2) is 12.4 Å². The maximum Gasteiger partial charge on any atom is 0.118 e. The molecule has 0 spiro atoms. The molecule has 0 unspecified atom stereocenters. The fourth-order valence-corrected chi connectivity index (χ4v) is 1.87. The molecule has 0 amide bonds. The lowest BCUT2D eigenvalue weighted by Crippen LogP contribution is -2.05. The van der Waals surface area contributed by atoms with E-state index in [1.54, 1.807) is 0 Å². The molecule has 1 aromatic rings. The molecule has 0 radical (unpaired) electrons. The van der Waals surface area contributed by atoms with E-state index in [0.717, 1.165) is 5.75 Å². The molecule has 0 N–H and O–H groups in total. The van der Waals surface area contributed by atoms with Gasteiger partial charge in [0.05, 0.1) is 5.75 Å². The van der Waals surface area contributed by atoms with Crippen LogP contribution in [0, 0.1) is 0 Å². The molecule has 1 aromatic heterocycles. The number of rotatable bonds is 4. The lowest BCUT2D eigenvalue weighted by Gasteiger charge is -2.11. The SMILES string of the molecule is CC(C)SCc1nccn1C(C)C. The summed E-state index contributed by atoms with van der Waals surface area (Å²) >= 11 is 1.94. The maximum absolute atomic E-state index is 4.35. The third-order valence-corrected chi connectivity index (χ3v) is 2.94. The Kier molecular flexibility index (Phi) is 3.85. The Hall–Kier alpha value is -0.440. The van der Waals surface area contributed by atoms with Crippen molar-refractivity contribution in [3.8, 4) is 0 Å². The first-order valence-corrected chi connectivity index (χ1v) is 5.79. The highest BCUT2D eigenvalue weighted by molar-refractivity contribution is 7.99. The fraction of sp³-hybridized carbons (Fsp3) is 0.700. The van der Waals surface area contributed by atoms with Gasteiger partial charge in [-0.3, -0.25) is 0 Å². The van der Waals surface area contributed by atoms with Gasteiger partial charge in [-0.1, -0.05) is 13.8 Å². The number of imidazole rings is 1. The molecule has 1 rings (SSSR count). The molecule has 0 aliphatic carbocycles. The van der Waals surface area contributed by atoms with E-state index in [1.165, 1.54) is 5.82 Å². The molecular weight excluding hydrogens is 180 g/mol. The third-order valence-electron chi connectivity index (χ3n) is 1.85. The van der Waals surface area contributed by atoms with Gasteiger partial charge >= 0.3 is 0 Å². The highest BCUT2D eigenvalue weighted by atomic mass is 32.2. The van der Waals surface area contributed by atoms with E-state index in [-0.39, 0.29) is 0 Å². The summed E-state index contributed by atoms with van der Waals surface area (Å²) in [7, 11) is 0. The number of hydrogen-bond donors (Lipinski definition) is 0. The molecule has 0 fully saturated rings. The Bertz CT molecular complexity index is 253. The average molecular weight is 198 g/mol. The third kappa shape index (κ3) is 3.07. The molecule has 0 atom stereocenters. The predicted molar refractivity (Wildman–Crippen MR) is 59.0 cm³/mol. The summed E-state index contributed by atoms with van der Waals surface area (Å²) in [6.07, 6.45) is 3.94. The van der Waals surface area contributed by atoms with E-state index in [2.05, 4.69) is 43.4 Å². The van der Waals surface area contributed by atoms with Crippen molar-refractivity contribution in [2.24, 2.45) is 0 Å². The number of hydrogen-bond acceptors (Lipinski definition) is 2. The molecule has 1 heterocycles. The zero-order valence-electron chi connectivity index (χ0n) is 8.82. The van der Waals surface area contributed by atoms with Crippen LogP contribution in [0.5, 0.6) is 0 Å². The molecule has 0 saturated heterocycles. The molecule has 0 aliphatic rings. The van der Waals surface area contributed by atoms with E-state index in [4.69, 9.17) is 0 Å². The number of thioether (sulfide) groups is 1. The van der Waals surface area contributed by atoms with Crippen LogP contribution in [-0.4, -0.2) is 14.8 Å². The van der Waals surface area contributed by atoms with Crippen LogP contribution in [0.4, 0.5) is 0 Å². The highest BCUT2D eigenvalue weighted by Gasteiger charge is 2.06. The Labute approximate surface area is 84.7 Å². The van der Waals surface area contributed by atoms with Gasteiger partial charge in [0.25, 0.3) is 0 Å². The van der Waals surface area contributed by atoms with Crippen molar-refractivity contribution in [3.05, 3.63) is 18.2 Å². The van der Waals surface area contributed by atoms with Crippen molar-refractivity contribution < 1.29 is 0 Å². The van der Waals surface area contributed by atoms with E-state index in [0.29, 0.717) is 11.3 Å². The molecule has 13 heavy (non-hydrogen) atoms. The van der Waals surface area contributed by atoms with Gasteiger partial charge in [0, 0.05) is 18.4 Å². The van der Waals surface area contributed by atoms with Crippen molar-refractivity contribution in [2.75, 3.05) is 0 Å². The van der Waals surface area contributed by atoms with Crippen LogP contribution in [0.3, 0.4) is 0 Å². The summed E-state index contributed by atoms with van der Waals surface area (Å²) in [6.45, 7) is 8.80. The summed E-state index contributed by atoms with van der Waals surface area (Å²) in [5.74, 6) is 2.21. The van der Waals surface area contributed by atoms with Gasteiger partial charge in [-0.05, 0) is 19.1 Å². The van der Waals surface area contributed by atoms with Gasteiger partial charge < -0.3 is 4.57 Å². The summed E-state index contributed by atoms with van der Waals surface area (Å²) in [5, 5.41) is 0.678.